The van der Waals surface area contributed by atoms with Gasteiger partial charge in [-0.25, -0.2) is 0 Å². The summed E-state index contributed by atoms with van der Waals surface area (Å²) in [5, 5.41) is 0. The van der Waals surface area contributed by atoms with E-state index in [1.54, 1.807) is 14.2 Å². The number of rotatable bonds is 2. The topological polar surface area (TPSA) is 46.2 Å². The normalized spacial score (nSPS) is 21.4. The van der Waals surface area contributed by atoms with Gasteiger partial charge in [-0.1, -0.05) is 12.1 Å². The third-order valence-corrected chi connectivity index (χ3v) is 3.66. The predicted molar refractivity (Wildman–Crippen MR) is 73.8 cm³/mol. The molecule has 2 aromatic rings. The molecule has 21 heavy (non-hydrogen) atoms. The number of benzene rings is 2. The van der Waals surface area contributed by atoms with Crippen molar-refractivity contribution in [1.29, 1.82) is 0 Å². The van der Waals surface area contributed by atoms with Crippen LogP contribution in [0.15, 0.2) is 36.4 Å². The zero-order valence-electron chi connectivity index (χ0n) is 11.7. The molecule has 0 amide bonds. The fourth-order valence-electron chi connectivity index (χ4n) is 2.67. The smallest absolute Gasteiger partial charge is 0.234 e. The van der Waals surface area contributed by atoms with Gasteiger partial charge in [0.2, 0.25) is 12.6 Å². The third-order valence-electron chi connectivity index (χ3n) is 3.66. The lowest BCUT2D eigenvalue weighted by Crippen LogP contribution is -2.30. The minimum atomic E-state index is -0.530. The Labute approximate surface area is 122 Å². The van der Waals surface area contributed by atoms with Crippen LogP contribution in [0, 0.1) is 0 Å². The summed E-state index contributed by atoms with van der Waals surface area (Å²) in [6.07, 6.45) is -1.06. The third kappa shape index (κ3) is 1.74. The molecule has 0 spiro atoms. The molecule has 0 N–H and O–H groups in total. The van der Waals surface area contributed by atoms with Crippen molar-refractivity contribution >= 4 is 0 Å². The predicted octanol–water partition coefficient (Wildman–Crippen LogP) is 3.20. The fourth-order valence-corrected chi connectivity index (χ4v) is 2.67. The molecule has 5 heteroatoms. The second-order valence-corrected chi connectivity index (χ2v) is 4.79. The SMILES string of the molecule is COc1cccc2c1OC1OC2Oc2c(OC)cccc21. The van der Waals surface area contributed by atoms with Crippen LogP contribution in [0.3, 0.4) is 0 Å². The average Bonchev–Trinajstić information content (AvgIpc) is 2.54. The zero-order valence-corrected chi connectivity index (χ0v) is 11.7. The van der Waals surface area contributed by atoms with Gasteiger partial charge < -0.3 is 18.9 Å². The summed E-state index contributed by atoms with van der Waals surface area (Å²) in [5.74, 6) is 2.66. The monoisotopic (exact) mass is 286 g/mol. The Balaban J connectivity index is 1.84. The second kappa shape index (κ2) is 4.56. The van der Waals surface area contributed by atoms with Crippen molar-refractivity contribution in [2.24, 2.45) is 0 Å². The van der Waals surface area contributed by atoms with Crippen LogP contribution in [-0.2, 0) is 4.74 Å². The van der Waals surface area contributed by atoms with Crippen LogP contribution in [0.1, 0.15) is 23.7 Å². The number of hydrogen-bond donors (Lipinski definition) is 0. The Morgan fingerprint density at radius 2 is 1.24 bits per heavy atom. The molecule has 2 atom stereocenters. The van der Waals surface area contributed by atoms with Crippen LogP contribution in [0.5, 0.6) is 23.0 Å². The van der Waals surface area contributed by atoms with E-state index >= 15 is 0 Å². The van der Waals surface area contributed by atoms with Crippen LogP contribution in [0.4, 0.5) is 0 Å². The standard InChI is InChI=1S/C16H14O5/c1-17-11-7-3-5-9-13(11)19-16-10-6-4-8-12(18-2)14(10)20-15(9)21-16/h3-8,15-16H,1-2H3. The lowest BCUT2D eigenvalue weighted by Gasteiger charge is -2.38. The molecule has 5 nitrogen and oxygen atoms in total. The maximum Gasteiger partial charge on any atom is 0.234 e. The van der Waals surface area contributed by atoms with E-state index in [9.17, 15) is 0 Å². The van der Waals surface area contributed by atoms with Crippen LogP contribution in [0.25, 0.3) is 0 Å². The summed E-state index contributed by atoms with van der Waals surface area (Å²) in [7, 11) is 3.23. The number of hydrogen-bond acceptors (Lipinski definition) is 5. The molecular formula is C16H14O5. The molecule has 0 fully saturated rings. The van der Waals surface area contributed by atoms with Gasteiger partial charge in [-0.15, -0.1) is 0 Å². The fraction of sp³-hybridized carbons (Fsp3) is 0.250. The molecule has 2 aromatic carbocycles. The van der Waals surface area contributed by atoms with E-state index < -0.39 is 12.6 Å². The lowest BCUT2D eigenvalue weighted by molar-refractivity contribution is -0.228. The van der Waals surface area contributed by atoms with E-state index in [1.807, 2.05) is 36.4 Å². The van der Waals surface area contributed by atoms with E-state index in [0.717, 1.165) is 11.1 Å². The molecule has 2 heterocycles. The van der Waals surface area contributed by atoms with Gasteiger partial charge in [-0.2, -0.15) is 0 Å². The molecule has 2 unspecified atom stereocenters. The van der Waals surface area contributed by atoms with E-state index in [4.69, 9.17) is 23.7 Å². The molecule has 0 aliphatic carbocycles. The first kappa shape index (κ1) is 12.3. The highest BCUT2D eigenvalue weighted by Crippen LogP contribution is 2.52. The summed E-state index contributed by atoms with van der Waals surface area (Å²) in [6, 6.07) is 11.3. The molecule has 4 rings (SSSR count). The van der Waals surface area contributed by atoms with Crippen LogP contribution in [-0.4, -0.2) is 14.2 Å². The van der Waals surface area contributed by atoms with Gasteiger partial charge in [-0.3, -0.25) is 4.74 Å². The Kier molecular flexibility index (Phi) is 2.68. The van der Waals surface area contributed by atoms with Crippen molar-refractivity contribution in [3.63, 3.8) is 0 Å². The number of fused-ring (bicyclic) bond motifs is 6. The number of ether oxygens (including phenoxy) is 5. The lowest BCUT2D eigenvalue weighted by atomic mass is 10.1. The van der Waals surface area contributed by atoms with Crippen molar-refractivity contribution in [3.8, 4) is 23.0 Å². The molecule has 2 aliphatic heterocycles. The maximum atomic E-state index is 5.97. The van der Waals surface area contributed by atoms with Gasteiger partial charge in [0.05, 0.1) is 25.3 Å². The quantitative estimate of drug-likeness (QED) is 0.848. The van der Waals surface area contributed by atoms with E-state index in [-0.39, 0.29) is 0 Å². The molecule has 2 bridgehead atoms. The van der Waals surface area contributed by atoms with Crippen molar-refractivity contribution in [3.05, 3.63) is 47.5 Å². The number of methoxy groups -OCH3 is 2. The van der Waals surface area contributed by atoms with Crippen LogP contribution < -0.4 is 18.9 Å². The van der Waals surface area contributed by atoms with E-state index in [0.29, 0.717) is 23.0 Å². The Bertz CT molecular complexity index is 638. The van der Waals surface area contributed by atoms with Gasteiger partial charge >= 0.3 is 0 Å². The summed E-state index contributed by atoms with van der Waals surface area (Å²) in [4.78, 5) is 0. The Morgan fingerprint density at radius 3 is 1.67 bits per heavy atom. The average molecular weight is 286 g/mol. The van der Waals surface area contributed by atoms with Crippen molar-refractivity contribution < 1.29 is 23.7 Å². The van der Waals surface area contributed by atoms with E-state index in [2.05, 4.69) is 0 Å². The molecule has 0 saturated heterocycles. The van der Waals surface area contributed by atoms with Crippen LogP contribution >= 0.6 is 0 Å². The molecule has 108 valence electrons. The van der Waals surface area contributed by atoms with E-state index in [1.165, 1.54) is 0 Å². The Hall–Kier alpha value is -2.40. The highest BCUT2D eigenvalue weighted by molar-refractivity contribution is 5.53. The number of para-hydroxylation sites is 2. The van der Waals surface area contributed by atoms with Gasteiger partial charge in [0.1, 0.15) is 0 Å². The summed E-state index contributed by atoms with van der Waals surface area (Å²) in [5.41, 5.74) is 1.62. The van der Waals surface area contributed by atoms with Crippen LogP contribution in [0.2, 0.25) is 0 Å². The summed E-state index contributed by atoms with van der Waals surface area (Å²) < 4.78 is 28.5. The second-order valence-electron chi connectivity index (χ2n) is 4.79. The summed E-state index contributed by atoms with van der Waals surface area (Å²) >= 11 is 0. The molecule has 0 saturated carbocycles. The van der Waals surface area contributed by atoms with Gasteiger partial charge in [-0.05, 0) is 24.3 Å². The van der Waals surface area contributed by atoms with Crippen molar-refractivity contribution in [2.45, 2.75) is 12.6 Å². The highest BCUT2D eigenvalue weighted by atomic mass is 16.8. The first-order chi connectivity index (χ1) is 10.3. The maximum absolute atomic E-state index is 5.97. The zero-order chi connectivity index (χ0) is 14.4. The van der Waals surface area contributed by atoms with Crippen molar-refractivity contribution in [1.82, 2.24) is 0 Å². The van der Waals surface area contributed by atoms with Crippen molar-refractivity contribution in [2.75, 3.05) is 14.2 Å². The molecule has 0 radical (unpaired) electrons. The first-order valence-electron chi connectivity index (χ1n) is 6.64. The first-order valence-corrected chi connectivity index (χ1v) is 6.64. The minimum absolute atomic E-state index is 0.530. The summed E-state index contributed by atoms with van der Waals surface area (Å²) in [6.45, 7) is 0. The Morgan fingerprint density at radius 1 is 0.762 bits per heavy atom. The minimum Gasteiger partial charge on any atom is -0.493 e. The highest BCUT2D eigenvalue weighted by Gasteiger charge is 2.40. The molecule has 2 aliphatic rings. The van der Waals surface area contributed by atoms with Gasteiger partial charge in [0.15, 0.2) is 23.0 Å². The molecular weight excluding hydrogens is 272 g/mol. The van der Waals surface area contributed by atoms with Gasteiger partial charge in [0.25, 0.3) is 0 Å². The molecule has 0 aromatic heterocycles. The largest absolute Gasteiger partial charge is 0.493 e. The van der Waals surface area contributed by atoms with Gasteiger partial charge in [0, 0.05) is 0 Å².